The van der Waals surface area contributed by atoms with Crippen LogP contribution >= 0.6 is 0 Å². The molecule has 0 bridgehead atoms. The molecule has 1 N–H and O–H groups in total. The number of fused-ring (bicyclic) bond motifs is 1. The van der Waals surface area contributed by atoms with Gasteiger partial charge in [0.05, 0.1) is 30.9 Å². The molecule has 260 valence electrons. The van der Waals surface area contributed by atoms with Crippen LogP contribution in [0.3, 0.4) is 0 Å². The molecule has 2 aromatic heterocycles. The van der Waals surface area contributed by atoms with Gasteiger partial charge in [0.2, 0.25) is 5.95 Å². The first-order valence-electron chi connectivity index (χ1n) is 17.3. The van der Waals surface area contributed by atoms with E-state index < -0.39 is 0 Å². The van der Waals surface area contributed by atoms with Gasteiger partial charge in [-0.2, -0.15) is 4.98 Å². The van der Waals surface area contributed by atoms with Gasteiger partial charge in [-0.25, -0.2) is 9.97 Å². The van der Waals surface area contributed by atoms with Crippen molar-refractivity contribution in [1.29, 1.82) is 0 Å². The lowest BCUT2D eigenvalue weighted by Gasteiger charge is -2.35. The molecule has 0 radical (unpaired) electrons. The molecule has 0 saturated carbocycles. The fraction of sp³-hybridized carbons (Fsp3) is 0.568. The monoisotopic (exact) mass is 658 g/mol. The smallest absolute Gasteiger partial charge is 0.254 e. The van der Waals surface area contributed by atoms with Gasteiger partial charge < -0.3 is 29.5 Å². The SMILES string of the molecule is CC.CC1=CC(Nc2ncc3c(n2)N(c2cccc(N4C(=O)COCC4C)n2)C[C@@]3(C)COC(C)(C)C)C=CC=C1N1CCN(C)CC1. The number of nitrogens with zero attached hydrogens (tertiary/aromatic N) is 7. The predicted molar refractivity (Wildman–Crippen MR) is 193 cm³/mol. The van der Waals surface area contributed by atoms with Gasteiger partial charge in [0, 0.05) is 55.6 Å². The number of piperazine rings is 1. The van der Waals surface area contributed by atoms with Crippen molar-refractivity contribution in [1.82, 2.24) is 24.8 Å². The lowest BCUT2D eigenvalue weighted by Crippen LogP contribution is -2.48. The number of amides is 1. The van der Waals surface area contributed by atoms with E-state index in [-0.39, 0.29) is 35.6 Å². The van der Waals surface area contributed by atoms with Crippen LogP contribution in [0.2, 0.25) is 0 Å². The van der Waals surface area contributed by atoms with Gasteiger partial charge in [0.15, 0.2) is 0 Å². The molecule has 3 atom stereocenters. The van der Waals surface area contributed by atoms with Crippen LogP contribution in [-0.2, 0) is 19.7 Å². The van der Waals surface area contributed by atoms with Crippen LogP contribution in [0.5, 0.6) is 0 Å². The van der Waals surface area contributed by atoms with E-state index in [1.54, 1.807) is 4.90 Å². The van der Waals surface area contributed by atoms with Crippen LogP contribution < -0.4 is 15.1 Å². The summed E-state index contributed by atoms with van der Waals surface area (Å²) in [6.45, 7) is 22.4. The number of carbonyl (C=O) groups excluding carboxylic acids is 1. The summed E-state index contributed by atoms with van der Waals surface area (Å²) in [5.41, 5.74) is 2.84. The fourth-order valence-corrected chi connectivity index (χ4v) is 6.48. The van der Waals surface area contributed by atoms with Gasteiger partial charge in [0.25, 0.3) is 5.91 Å². The third-order valence-corrected chi connectivity index (χ3v) is 9.09. The van der Waals surface area contributed by atoms with Crippen molar-refractivity contribution in [3.05, 3.63) is 65.5 Å². The van der Waals surface area contributed by atoms with E-state index in [0.29, 0.717) is 31.5 Å². The molecule has 2 unspecified atom stereocenters. The summed E-state index contributed by atoms with van der Waals surface area (Å²) in [5.74, 6) is 2.57. The van der Waals surface area contributed by atoms with Gasteiger partial charge >= 0.3 is 0 Å². The molecule has 1 amide bonds. The molecule has 0 spiro atoms. The Labute approximate surface area is 286 Å². The Morgan fingerprint density at radius 2 is 1.83 bits per heavy atom. The van der Waals surface area contributed by atoms with E-state index >= 15 is 0 Å². The van der Waals surface area contributed by atoms with E-state index in [1.807, 2.05) is 45.2 Å². The lowest BCUT2D eigenvalue weighted by molar-refractivity contribution is -0.127. The van der Waals surface area contributed by atoms with E-state index in [2.05, 4.69) is 86.0 Å². The molecule has 2 saturated heterocycles. The topological polar surface area (TPSA) is 99.2 Å². The third kappa shape index (κ3) is 7.90. The average molecular weight is 659 g/mol. The Balaban J connectivity index is 0.00000221. The maximum atomic E-state index is 12.8. The number of hydrogen-bond acceptors (Lipinski definition) is 10. The number of hydrogen-bond donors (Lipinski definition) is 1. The number of rotatable bonds is 7. The zero-order valence-corrected chi connectivity index (χ0v) is 30.3. The van der Waals surface area contributed by atoms with Crippen LogP contribution in [0.4, 0.5) is 23.4 Å². The molecule has 11 nitrogen and oxygen atoms in total. The first kappa shape index (κ1) is 35.5. The molecule has 2 aromatic rings. The van der Waals surface area contributed by atoms with Crippen molar-refractivity contribution < 1.29 is 14.3 Å². The largest absolute Gasteiger partial charge is 0.375 e. The Morgan fingerprint density at radius 3 is 2.54 bits per heavy atom. The highest BCUT2D eigenvalue weighted by atomic mass is 16.5. The van der Waals surface area contributed by atoms with Crippen molar-refractivity contribution in [2.24, 2.45) is 0 Å². The molecule has 2 fully saturated rings. The highest BCUT2D eigenvalue weighted by Gasteiger charge is 2.43. The molecule has 11 heteroatoms. The van der Waals surface area contributed by atoms with E-state index in [4.69, 9.17) is 24.4 Å². The van der Waals surface area contributed by atoms with Crippen LogP contribution in [0, 0.1) is 0 Å². The molecule has 1 aliphatic carbocycles. The number of carbonyl (C=O) groups is 1. The molecule has 48 heavy (non-hydrogen) atoms. The quantitative estimate of drug-likeness (QED) is 0.422. The van der Waals surface area contributed by atoms with Gasteiger partial charge in [-0.3, -0.25) is 9.69 Å². The second-order valence-corrected chi connectivity index (χ2v) is 14.2. The minimum atomic E-state index is -0.374. The summed E-state index contributed by atoms with van der Waals surface area (Å²) in [7, 11) is 2.18. The molecular weight excluding hydrogens is 604 g/mol. The summed E-state index contributed by atoms with van der Waals surface area (Å²) >= 11 is 0. The predicted octanol–water partition coefficient (Wildman–Crippen LogP) is 5.30. The highest BCUT2D eigenvalue weighted by Crippen LogP contribution is 2.44. The standard InChI is InChI=1S/C35H48N8O3.C2H6/c1-24-18-26(10-8-11-28(24)41-16-14-40(7)15-17-41)37-33-36-19-27-32(39-33)42(22-35(27,6)23-46-34(3,4)5)29-12-9-13-30(38-29)43-25(2)20-45-21-31(43)44;1-2/h8-13,18-19,25-26H,14-17,20-23H2,1-7H3,(H,36,37,39);1-2H3/t25?,26?,35-;/m0./s1. The number of aromatic nitrogens is 3. The third-order valence-electron chi connectivity index (χ3n) is 9.09. The van der Waals surface area contributed by atoms with Crippen LogP contribution in [-0.4, -0.2) is 108 Å². The normalized spacial score (nSPS) is 24.8. The minimum absolute atomic E-state index is 0.0587. The maximum Gasteiger partial charge on any atom is 0.254 e. The molecular formula is C37H54N8O3. The number of anilines is 4. The van der Waals surface area contributed by atoms with Crippen molar-refractivity contribution in [3.8, 4) is 0 Å². The van der Waals surface area contributed by atoms with Crippen molar-refractivity contribution >= 4 is 29.3 Å². The summed E-state index contributed by atoms with van der Waals surface area (Å²) in [6, 6.07) is 5.63. The molecule has 5 heterocycles. The summed E-state index contributed by atoms with van der Waals surface area (Å²) in [5, 5.41) is 3.55. The van der Waals surface area contributed by atoms with Crippen molar-refractivity contribution in [2.45, 2.75) is 78.5 Å². The Morgan fingerprint density at radius 1 is 1.10 bits per heavy atom. The molecule has 3 aliphatic heterocycles. The highest BCUT2D eigenvalue weighted by molar-refractivity contribution is 5.94. The van der Waals surface area contributed by atoms with Crippen LogP contribution in [0.15, 0.2) is 60.0 Å². The van der Waals surface area contributed by atoms with Gasteiger partial charge in [-0.15, -0.1) is 0 Å². The maximum absolute atomic E-state index is 12.8. The number of ether oxygens (including phenoxy) is 2. The summed E-state index contributed by atoms with van der Waals surface area (Å²) in [4.78, 5) is 36.4. The first-order valence-corrected chi connectivity index (χ1v) is 17.3. The fourth-order valence-electron chi connectivity index (χ4n) is 6.48. The van der Waals surface area contributed by atoms with Crippen LogP contribution in [0.1, 0.15) is 61.0 Å². The Kier molecular flexibility index (Phi) is 10.9. The summed E-state index contributed by atoms with van der Waals surface area (Å²) in [6.07, 6.45) is 10.7. The van der Waals surface area contributed by atoms with Crippen molar-refractivity contribution in [3.63, 3.8) is 0 Å². The first-order chi connectivity index (χ1) is 22.9. The molecule has 6 rings (SSSR count). The average Bonchev–Trinajstić information content (AvgIpc) is 3.22. The number of pyridine rings is 1. The second-order valence-electron chi connectivity index (χ2n) is 14.2. The van der Waals surface area contributed by atoms with Gasteiger partial charge in [0.1, 0.15) is 24.1 Å². The number of nitrogens with one attached hydrogen (secondary N) is 1. The van der Waals surface area contributed by atoms with Crippen LogP contribution in [0.25, 0.3) is 0 Å². The van der Waals surface area contributed by atoms with Gasteiger partial charge in [-0.05, 0) is 65.4 Å². The van der Waals surface area contributed by atoms with E-state index in [0.717, 1.165) is 43.4 Å². The number of morpholine rings is 1. The van der Waals surface area contributed by atoms with E-state index in [9.17, 15) is 4.79 Å². The van der Waals surface area contributed by atoms with Gasteiger partial charge in [-0.1, -0.05) is 45.1 Å². The molecule has 4 aliphatic rings. The zero-order valence-electron chi connectivity index (χ0n) is 30.3. The van der Waals surface area contributed by atoms with E-state index in [1.165, 1.54) is 11.3 Å². The Bertz CT molecular complexity index is 1540. The minimum Gasteiger partial charge on any atom is -0.375 e. The zero-order chi connectivity index (χ0) is 34.6. The molecule has 0 aromatic carbocycles. The Hall–Kier alpha value is -3.80. The van der Waals surface area contributed by atoms with Crippen molar-refractivity contribution in [2.75, 3.05) is 74.7 Å². The number of allylic oxidation sites excluding steroid dienone is 3. The summed E-state index contributed by atoms with van der Waals surface area (Å²) < 4.78 is 11.8. The second kappa shape index (κ2) is 14.8. The number of likely N-dealkylation sites (N-methyl/N-ethyl adjacent to an activating group) is 1. The lowest BCUT2D eigenvalue weighted by atomic mass is 9.87.